The molecule has 0 saturated heterocycles. The molecule has 0 bridgehead atoms. The van der Waals surface area contributed by atoms with Gasteiger partial charge in [-0.3, -0.25) is 9.48 Å². The van der Waals surface area contributed by atoms with E-state index in [1.165, 1.54) is 6.07 Å². The fraction of sp³-hybridized carbons (Fsp3) is 0.412. The number of halogens is 1. The molecule has 2 heterocycles. The van der Waals surface area contributed by atoms with Crippen molar-refractivity contribution in [2.45, 2.75) is 33.1 Å². The molecule has 0 N–H and O–H groups in total. The minimum absolute atomic E-state index is 0.0673. The van der Waals surface area contributed by atoms with Gasteiger partial charge in [0.2, 0.25) is 5.91 Å². The van der Waals surface area contributed by atoms with Gasteiger partial charge in [0.1, 0.15) is 5.82 Å². The SMILES string of the molecule is CC(=O)N1CCc2c(c(COCc3ccccc3F)nn2C)C1. The zero-order valence-corrected chi connectivity index (χ0v) is 13.4. The van der Waals surface area contributed by atoms with Crippen molar-refractivity contribution in [2.75, 3.05) is 6.54 Å². The smallest absolute Gasteiger partial charge is 0.219 e. The van der Waals surface area contributed by atoms with Gasteiger partial charge in [-0.05, 0) is 6.07 Å². The molecule has 0 unspecified atom stereocenters. The summed E-state index contributed by atoms with van der Waals surface area (Å²) in [6, 6.07) is 6.58. The van der Waals surface area contributed by atoms with Crippen molar-refractivity contribution < 1.29 is 13.9 Å². The van der Waals surface area contributed by atoms with Gasteiger partial charge >= 0.3 is 0 Å². The summed E-state index contributed by atoms with van der Waals surface area (Å²) in [6.07, 6.45) is 0.797. The van der Waals surface area contributed by atoms with E-state index in [0.717, 1.165) is 29.9 Å². The van der Waals surface area contributed by atoms with Crippen LogP contribution >= 0.6 is 0 Å². The average molecular weight is 317 g/mol. The van der Waals surface area contributed by atoms with Crippen molar-refractivity contribution in [3.05, 3.63) is 52.6 Å². The van der Waals surface area contributed by atoms with Crippen molar-refractivity contribution in [2.24, 2.45) is 7.05 Å². The summed E-state index contributed by atoms with van der Waals surface area (Å²) >= 11 is 0. The standard InChI is InChI=1S/C17H20FN3O2/c1-12(22)21-8-7-17-14(9-21)16(19-20(17)2)11-23-10-13-5-3-4-6-15(13)18/h3-6H,7-11H2,1-2H3. The molecule has 1 amide bonds. The lowest BCUT2D eigenvalue weighted by molar-refractivity contribution is -0.129. The normalized spacial score (nSPS) is 14.0. The van der Waals surface area contributed by atoms with E-state index in [9.17, 15) is 9.18 Å². The molecule has 1 aliphatic rings. The number of aromatic nitrogens is 2. The highest BCUT2D eigenvalue weighted by Gasteiger charge is 2.25. The topological polar surface area (TPSA) is 47.4 Å². The van der Waals surface area contributed by atoms with Crippen LogP contribution in [0.1, 0.15) is 29.4 Å². The van der Waals surface area contributed by atoms with Gasteiger partial charge in [0.15, 0.2) is 0 Å². The third-order valence-corrected chi connectivity index (χ3v) is 4.23. The number of benzene rings is 1. The quantitative estimate of drug-likeness (QED) is 0.868. The molecule has 0 saturated carbocycles. The summed E-state index contributed by atoms with van der Waals surface area (Å²) < 4.78 is 21.1. The fourth-order valence-electron chi connectivity index (χ4n) is 2.93. The zero-order chi connectivity index (χ0) is 16.4. The van der Waals surface area contributed by atoms with Crippen molar-refractivity contribution in [3.63, 3.8) is 0 Å². The number of hydrogen-bond donors (Lipinski definition) is 0. The Balaban J connectivity index is 1.69. The van der Waals surface area contributed by atoms with Crippen LogP contribution < -0.4 is 0 Å². The van der Waals surface area contributed by atoms with E-state index < -0.39 is 0 Å². The van der Waals surface area contributed by atoms with E-state index in [1.807, 2.05) is 16.6 Å². The number of rotatable bonds is 4. The van der Waals surface area contributed by atoms with Gasteiger partial charge in [-0.15, -0.1) is 0 Å². The summed E-state index contributed by atoms with van der Waals surface area (Å²) in [5.74, 6) is -0.198. The van der Waals surface area contributed by atoms with E-state index in [2.05, 4.69) is 5.10 Å². The average Bonchev–Trinajstić information content (AvgIpc) is 2.85. The lowest BCUT2D eigenvalue weighted by Gasteiger charge is -2.26. The number of aryl methyl sites for hydroxylation is 1. The Kier molecular flexibility index (Phi) is 4.43. The first-order chi connectivity index (χ1) is 11.1. The summed E-state index contributed by atoms with van der Waals surface area (Å²) in [5.41, 5.74) is 3.56. The Morgan fingerprint density at radius 1 is 1.35 bits per heavy atom. The highest BCUT2D eigenvalue weighted by Crippen LogP contribution is 2.23. The second kappa shape index (κ2) is 6.50. The zero-order valence-electron chi connectivity index (χ0n) is 13.4. The summed E-state index contributed by atoms with van der Waals surface area (Å²) in [7, 11) is 1.91. The van der Waals surface area contributed by atoms with Gasteiger partial charge in [-0.2, -0.15) is 5.10 Å². The van der Waals surface area contributed by atoms with Gasteiger partial charge in [0.25, 0.3) is 0 Å². The second-order valence-electron chi connectivity index (χ2n) is 5.77. The fourth-order valence-corrected chi connectivity index (χ4v) is 2.93. The van der Waals surface area contributed by atoms with Crippen LogP contribution in [-0.2, 0) is 42.8 Å². The van der Waals surface area contributed by atoms with Crippen LogP contribution in [0.4, 0.5) is 4.39 Å². The molecule has 23 heavy (non-hydrogen) atoms. The van der Waals surface area contributed by atoms with Crippen molar-refractivity contribution in [3.8, 4) is 0 Å². The maximum absolute atomic E-state index is 13.6. The molecule has 0 fully saturated rings. The highest BCUT2D eigenvalue weighted by atomic mass is 19.1. The molecule has 0 atom stereocenters. The maximum atomic E-state index is 13.6. The molecule has 0 spiro atoms. The molecule has 6 heteroatoms. The number of carbonyl (C=O) groups excluding carboxylic acids is 1. The van der Waals surface area contributed by atoms with Crippen LogP contribution in [0.2, 0.25) is 0 Å². The Morgan fingerprint density at radius 3 is 2.87 bits per heavy atom. The molecule has 0 aliphatic carbocycles. The first-order valence-corrected chi connectivity index (χ1v) is 7.66. The van der Waals surface area contributed by atoms with Gasteiger partial charge < -0.3 is 9.64 Å². The number of nitrogens with zero attached hydrogens (tertiary/aromatic N) is 3. The molecule has 1 aliphatic heterocycles. The lowest BCUT2D eigenvalue weighted by Crippen LogP contribution is -2.34. The van der Waals surface area contributed by atoms with Crippen molar-refractivity contribution in [1.82, 2.24) is 14.7 Å². The third kappa shape index (κ3) is 3.27. The van der Waals surface area contributed by atoms with E-state index in [4.69, 9.17) is 4.74 Å². The Morgan fingerprint density at radius 2 is 2.13 bits per heavy atom. The molecule has 0 radical (unpaired) electrons. The summed E-state index contributed by atoms with van der Waals surface area (Å²) in [5, 5.41) is 4.50. The van der Waals surface area contributed by atoms with Crippen LogP contribution in [0.15, 0.2) is 24.3 Å². The predicted octanol–water partition coefficient (Wildman–Crippen LogP) is 2.18. The van der Waals surface area contributed by atoms with Gasteiger partial charge in [-0.25, -0.2) is 4.39 Å². The highest BCUT2D eigenvalue weighted by molar-refractivity contribution is 5.73. The second-order valence-corrected chi connectivity index (χ2v) is 5.77. The maximum Gasteiger partial charge on any atom is 0.219 e. The van der Waals surface area contributed by atoms with Crippen molar-refractivity contribution >= 4 is 5.91 Å². The van der Waals surface area contributed by atoms with Gasteiger partial charge in [-0.1, -0.05) is 18.2 Å². The van der Waals surface area contributed by atoms with Crippen LogP contribution in [-0.4, -0.2) is 27.1 Å². The van der Waals surface area contributed by atoms with Crippen LogP contribution in [0.3, 0.4) is 0 Å². The van der Waals surface area contributed by atoms with Gasteiger partial charge in [0.05, 0.1) is 18.9 Å². The number of fused-ring (bicyclic) bond motifs is 1. The monoisotopic (exact) mass is 317 g/mol. The third-order valence-electron chi connectivity index (χ3n) is 4.23. The number of hydrogen-bond acceptors (Lipinski definition) is 3. The molecule has 2 aromatic rings. The number of carbonyl (C=O) groups is 1. The largest absolute Gasteiger partial charge is 0.370 e. The summed E-state index contributed by atoms with van der Waals surface area (Å²) in [6.45, 7) is 3.38. The minimum Gasteiger partial charge on any atom is -0.370 e. The summed E-state index contributed by atoms with van der Waals surface area (Å²) in [4.78, 5) is 13.4. The van der Waals surface area contributed by atoms with Crippen LogP contribution in [0.5, 0.6) is 0 Å². The van der Waals surface area contributed by atoms with E-state index >= 15 is 0 Å². The van der Waals surface area contributed by atoms with Gasteiger partial charge in [0, 0.05) is 50.3 Å². The predicted molar refractivity (Wildman–Crippen MR) is 82.9 cm³/mol. The Bertz CT molecular complexity index is 727. The first kappa shape index (κ1) is 15.7. The molecule has 5 nitrogen and oxygen atoms in total. The lowest BCUT2D eigenvalue weighted by atomic mass is 10.1. The molecule has 3 rings (SSSR count). The number of amides is 1. The van der Waals surface area contributed by atoms with Crippen LogP contribution in [0, 0.1) is 5.82 Å². The molecule has 1 aromatic heterocycles. The molecule has 1 aromatic carbocycles. The number of ether oxygens (including phenoxy) is 1. The van der Waals surface area contributed by atoms with Crippen LogP contribution in [0.25, 0.3) is 0 Å². The molecule has 122 valence electrons. The van der Waals surface area contributed by atoms with E-state index in [-0.39, 0.29) is 18.3 Å². The van der Waals surface area contributed by atoms with Crippen molar-refractivity contribution in [1.29, 1.82) is 0 Å². The molecular weight excluding hydrogens is 297 g/mol. The Labute approximate surface area is 134 Å². The minimum atomic E-state index is -0.265. The molecular formula is C17H20FN3O2. The first-order valence-electron chi connectivity index (χ1n) is 7.66. The Hall–Kier alpha value is -2.21. The van der Waals surface area contributed by atoms with E-state index in [0.29, 0.717) is 18.7 Å². The van der Waals surface area contributed by atoms with E-state index in [1.54, 1.807) is 25.1 Å².